The van der Waals surface area contributed by atoms with E-state index in [0.29, 0.717) is 12.2 Å². The number of carbonyl (C=O) groups excluding carboxylic acids is 1. The lowest BCUT2D eigenvalue weighted by atomic mass is 9.85. The van der Waals surface area contributed by atoms with Crippen LogP contribution in [0.25, 0.3) is 0 Å². The van der Waals surface area contributed by atoms with E-state index in [0.717, 1.165) is 5.56 Å². The van der Waals surface area contributed by atoms with Crippen LogP contribution in [-0.2, 0) is 16.6 Å². The van der Waals surface area contributed by atoms with E-state index in [1.807, 2.05) is 23.6 Å². The van der Waals surface area contributed by atoms with Crippen molar-refractivity contribution in [3.63, 3.8) is 0 Å². The standard InChI is InChI=1S/C15H22N2O2/c1-5-6-11-9-12(15(2,3)4)7-8-13(11)19-10-14(18)17-16/h5,7-9H,1,6,10,16H2,2-4H3,(H,17,18). The van der Waals surface area contributed by atoms with Gasteiger partial charge in [0.25, 0.3) is 5.91 Å². The molecule has 0 bridgehead atoms. The van der Waals surface area contributed by atoms with Crippen molar-refractivity contribution in [3.8, 4) is 5.75 Å². The van der Waals surface area contributed by atoms with Crippen molar-refractivity contribution in [2.45, 2.75) is 32.6 Å². The van der Waals surface area contributed by atoms with E-state index in [9.17, 15) is 4.79 Å². The third kappa shape index (κ3) is 4.41. The Morgan fingerprint density at radius 1 is 1.47 bits per heavy atom. The van der Waals surface area contributed by atoms with Crippen molar-refractivity contribution in [1.82, 2.24) is 5.43 Å². The van der Waals surface area contributed by atoms with Gasteiger partial charge in [-0.1, -0.05) is 39.0 Å². The second kappa shape index (κ2) is 6.38. The fraction of sp³-hybridized carbons (Fsp3) is 0.400. The Morgan fingerprint density at radius 2 is 2.16 bits per heavy atom. The SMILES string of the molecule is C=CCc1cc(C(C)(C)C)ccc1OCC(=O)NN. The van der Waals surface area contributed by atoms with E-state index in [1.54, 1.807) is 0 Å². The Kier molecular flexibility index (Phi) is 5.12. The molecule has 0 fully saturated rings. The van der Waals surface area contributed by atoms with Crippen LogP contribution in [0.5, 0.6) is 5.75 Å². The average molecular weight is 262 g/mol. The molecule has 0 unspecified atom stereocenters. The van der Waals surface area contributed by atoms with Crippen molar-refractivity contribution in [3.05, 3.63) is 42.0 Å². The Morgan fingerprint density at radius 3 is 2.68 bits per heavy atom. The van der Waals surface area contributed by atoms with Crippen molar-refractivity contribution in [2.75, 3.05) is 6.61 Å². The van der Waals surface area contributed by atoms with Gasteiger partial charge in [-0.2, -0.15) is 0 Å². The molecule has 0 spiro atoms. The molecule has 1 amide bonds. The van der Waals surface area contributed by atoms with Crippen LogP contribution in [0, 0.1) is 0 Å². The fourth-order valence-electron chi connectivity index (χ4n) is 1.69. The number of nitrogens with two attached hydrogens (primary N) is 1. The van der Waals surface area contributed by atoms with Gasteiger partial charge in [-0.15, -0.1) is 6.58 Å². The molecule has 0 radical (unpaired) electrons. The van der Waals surface area contributed by atoms with Crippen molar-refractivity contribution in [2.24, 2.45) is 5.84 Å². The van der Waals surface area contributed by atoms with Crippen LogP contribution in [0.3, 0.4) is 0 Å². The number of amides is 1. The van der Waals surface area contributed by atoms with Crippen LogP contribution < -0.4 is 16.0 Å². The number of carbonyl (C=O) groups is 1. The van der Waals surface area contributed by atoms with Gasteiger partial charge in [0.05, 0.1) is 0 Å². The summed E-state index contributed by atoms with van der Waals surface area (Å²) >= 11 is 0. The molecule has 0 aliphatic carbocycles. The molecule has 0 aliphatic rings. The maximum atomic E-state index is 11.1. The van der Waals surface area contributed by atoms with Crippen LogP contribution in [0.15, 0.2) is 30.9 Å². The lowest BCUT2D eigenvalue weighted by Crippen LogP contribution is -2.34. The zero-order valence-electron chi connectivity index (χ0n) is 11.8. The highest BCUT2D eigenvalue weighted by Gasteiger charge is 2.16. The third-order valence-corrected chi connectivity index (χ3v) is 2.81. The maximum absolute atomic E-state index is 11.1. The van der Waals surface area contributed by atoms with Crippen LogP contribution in [0.2, 0.25) is 0 Å². The minimum atomic E-state index is -0.357. The van der Waals surface area contributed by atoms with Crippen LogP contribution >= 0.6 is 0 Å². The minimum absolute atomic E-state index is 0.0725. The average Bonchev–Trinajstić information content (AvgIpc) is 2.36. The number of ether oxygens (including phenoxy) is 1. The molecule has 4 nitrogen and oxygen atoms in total. The number of hydrazine groups is 1. The van der Waals surface area contributed by atoms with Gasteiger partial charge in [0.15, 0.2) is 6.61 Å². The highest BCUT2D eigenvalue weighted by atomic mass is 16.5. The van der Waals surface area contributed by atoms with E-state index in [-0.39, 0.29) is 17.9 Å². The molecule has 0 aromatic heterocycles. The summed E-state index contributed by atoms with van der Waals surface area (Å²) in [5, 5.41) is 0. The Hall–Kier alpha value is -1.81. The van der Waals surface area contributed by atoms with Gasteiger partial charge in [-0.3, -0.25) is 10.2 Å². The van der Waals surface area contributed by atoms with Gasteiger partial charge < -0.3 is 4.74 Å². The number of hydrogen-bond acceptors (Lipinski definition) is 3. The van der Waals surface area contributed by atoms with Crippen molar-refractivity contribution in [1.29, 1.82) is 0 Å². The largest absolute Gasteiger partial charge is 0.483 e. The fourth-order valence-corrected chi connectivity index (χ4v) is 1.69. The molecule has 19 heavy (non-hydrogen) atoms. The molecular weight excluding hydrogens is 240 g/mol. The summed E-state index contributed by atoms with van der Waals surface area (Å²) in [7, 11) is 0. The van der Waals surface area contributed by atoms with E-state index in [1.165, 1.54) is 5.56 Å². The summed E-state index contributed by atoms with van der Waals surface area (Å²) in [5.74, 6) is 5.35. The van der Waals surface area contributed by atoms with Gasteiger partial charge >= 0.3 is 0 Å². The van der Waals surface area contributed by atoms with Crippen LogP contribution in [-0.4, -0.2) is 12.5 Å². The second-order valence-electron chi connectivity index (χ2n) is 5.42. The predicted octanol–water partition coefficient (Wildman–Crippen LogP) is 2.08. The number of rotatable bonds is 5. The molecule has 0 heterocycles. The Bertz CT molecular complexity index is 462. The molecule has 4 heteroatoms. The van der Waals surface area contributed by atoms with Crippen LogP contribution in [0.1, 0.15) is 31.9 Å². The molecule has 104 valence electrons. The molecule has 0 saturated heterocycles. The molecule has 3 N–H and O–H groups in total. The molecule has 0 aliphatic heterocycles. The number of allylic oxidation sites excluding steroid dienone is 1. The quantitative estimate of drug-likeness (QED) is 0.369. The monoisotopic (exact) mass is 262 g/mol. The van der Waals surface area contributed by atoms with Crippen LogP contribution in [0.4, 0.5) is 0 Å². The second-order valence-corrected chi connectivity index (χ2v) is 5.42. The zero-order valence-corrected chi connectivity index (χ0v) is 11.8. The summed E-state index contributed by atoms with van der Waals surface area (Å²) in [5.41, 5.74) is 4.35. The first-order chi connectivity index (χ1) is 8.88. The summed E-state index contributed by atoms with van der Waals surface area (Å²) in [6.07, 6.45) is 2.52. The molecule has 0 saturated carbocycles. The molecule has 1 rings (SSSR count). The minimum Gasteiger partial charge on any atom is -0.483 e. The van der Waals surface area contributed by atoms with Gasteiger partial charge in [0, 0.05) is 0 Å². The number of hydrogen-bond donors (Lipinski definition) is 2. The van der Waals surface area contributed by atoms with E-state index in [2.05, 4.69) is 33.4 Å². The molecule has 1 aromatic rings. The Labute approximate surface area is 114 Å². The van der Waals surface area contributed by atoms with Crippen molar-refractivity contribution >= 4 is 5.91 Å². The third-order valence-electron chi connectivity index (χ3n) is 2.81. The molecule has 0 atom stereocenters. The first kappa shape index (κ1) is 15.2. The zero-order chi connectivity index (χ0) is 14.5. The topological polar surface area (TPSA) is 64.3 Å². The first-order valence-corrected chi connectivity index (χ1v) is 6.25. The number of benzene rings is 1. The summed E-state index contributed by atoms with van der Waals surface area (Å²) in [6.45, 7) is 10.1. The van der Waals surface area contributed by atoms with Gasteiger partial charge in [-0.05, 0) is 29.0 Å². The highest BCUT2D eigenvalue weighted by molar-refractivity contribution is 5.76. The van der Waals surface area contributed by atoms with E-state index >= 15 is 0 Å². The lowest BCUT2D eigenvalue weighted by molar-refractivity contribution is -0.123. The lowest BCUT2D eigenvalue weighted by Gasteiger charge is -2.21. The van der Waals surface area contributed by atoms with Gasteiger partial charge in [0.1, 0.15) is 5.75 Å². The van der Waals surface area contributed by atoms with E-state index in [4.69, 9.17) is 10.6 Å². The predicted molar refractivity (Wildman–Crippen MR) is 76.9 cm³/mol. The normalized spacial score (nSPS) is 10.9. The summed E-state index contributed by atoms with van der Waals surface area (Å²) in [4.78, 5) is 11.1. The van der Waals surface area contributed by atoms with Gasteiger partial charge in [0.2, 0.25) is 0 Å². The smallest absolute Gasteiger partial charge is 0.271 e. The van der Waals surface area contributed by atoms with Gasteiger partial charge in [-0.25, -0.2) is 5.84 Å². The highest BCUT2D eigenvalue weighted by Crippen LogP contribution is 2.28. The van der Waals surface area contributed by atoms with Crippen molar-refractivity contribution < 1.29 is 9.53 Å². The Balaban J connectivity index is 2.97. The molecular formula is C15H22N2O2. The summed E-state index contributed by atoms with van der Waals surface area (Å²) < 4.78 is 5.47. The molecule has 1 aromatic carbocycles. The number of nitrogens with one attached hydrogen (secondary N) is 1. The maximum Gasteiger partial charge on any atom is 0.271 e. The van der Waals surface area contributed by atoms with E-state index < -0.39 is 0 Å². The first-order valence-electron chi connectivity index (χ1n) is 6.25. The summed E-state index contributed by atoms with van der Waals surface area (Å²) in [6, 6.07) is 6.00.